The minimum absolute atomic E-state index is 0.135. The Morgan fingerprint density at radius 3 is 2.75 bits per heavy atom. The summed E-state index contributed by atoms with van der Waals surface area (Å²) in [6.45, 7) is 3.44. The number of non-ortho nitro benzene ring substituents is 1. The molecule has 3 N–H and O–H groups in total. The molecule has 2 rings (SSSR count). The minimum Gasteiger partial charge on any atom is -0.398 e. The highest BCUT2D eigenvalue weighted by atomic mass is 16.6. The van der Waals surface area contributed by atoms with Crippen molar-refractivity contribution in [3.05, 3.63) is 33.9 Å². The van der Waals surface area contributed by atoms with Crippen LogP contribution in [0.2, 0.25) is 0 Å². The van der Waals surface area contributed by atoms with E-state index in [4.69, 9.17) is 5.73 Å². The lowest BCUT2D eigenvalue weighted by Crippen LogP contribution is -2.33. The van der Waals surface area contributed by atoms with Crippen LogP contribution in [0, 0.1) is 10.1 Å². The van der Waals surface area contributed by atoms with E-state index < -0.39 is 4.92 Å². The summed E-state index contributed by atoms with van der Waals surface area (Å²) in [5, 5.41) is 13.5. The van der Waals surface area contributed by atoms with Gasteiger partial charge >= 0.3 is 0 Å². The standard InChI is InChI=1S/C13H18N4O3/c14-12-4-3-10(17(19)20)9-11(12)13(18)15-5-8-16-6-1-2-7-16/h3-4,9H,1-2,5-8,14H2,(H,15,18). The number of nitrogens with one attached hydrogen (secondary N) is 1. The molecular weight excluding hydrogens is 260 g/mol. The number of likely N-dealkylation sites (tertiary alicyclic amines) is 1. The Morgan fingerprint density at radius 2 is 2.10 bits per heavy atom. The molecule has 1 saturated heterocycles. The van der Waals surface area contributed by atoms with Gasteiger partial charge in [0.25, 0.3) is 11.6 Å². The van der Waals surface area contributed by atoms with Crippen LogP contribution in [0.3, 0.4) is 0 Å². The van der Waals surface area contributed by atoms with E-state index >= 15 is 0 Å². The lowest BCUT2D eigenvalue weighted by atomic mass is 10.1. The van der Waals surface area contributed by atoms with Crippen LogP contribution in [0.5, 0.6) is 0 Å². The van der Waals surface area contributed by atoms with Crippen LogP contribution in [0.1, 0.15) is 23.2 Å². The second-order valence-electron chi connectivity index (χ2n) is 4.83. The van der Waals surface area contributed by atoms with Gasteiger partial charge in [0.1, 0.15) is 0 Å². The van der Waals surface area contributed by atoms with Crippen molar-refractivity contribution < 1.29 is 9.72 Å². The van der Waals surface area contributed by atoms with Crippen molar-refractivity contribution in [2.45, 2.75) is 12.8 Å². The van der Waals surface area contributed by atoms with Crippen molar-refractivity contribution in [2.75, 3.05) is 31.9 Å². The van der Waals surface area contributed by atoms with E-state index in [-0.39, 0.29) is 22.8 Å². The van der Waals surface area contributed by atoms with E-state index in [1.807, 2.05) is 0 Å². The first-order valence-electron chi connectivity index (χ1n) is 6.62. The van der Waals surface area contributed by atoms with Gasteiger partial charge in [0.05, 0.1) is 10.5 Å². The van der Waals surface area contributed by atoms with Gasteiger partial charge in [-0.15, -0.1) is 0 Å². The van der Waals surface area contributed by atoms with Crippen LogP contribution in [0.4, 0.5) is 11.4 Å². The number of nitrogens with zero attached hydrogens (tertiary/aromatic N) is 2. The third-order valence-corrected chi connectivity index (χ3v) is 3.40. The molecule has 1 fully saturated rings. The molecule has 0 saturated carbocycles. The monoisotopic (exact) mass is 278 g/mol. The number of carbonyl (C=O) groups is 1. The molecule has 108 valence electrons. The predicted molar refractivity (Wildman–Crippen MR) is 75.5 cm³/mol. The van der Waals surface area contributed by atoms with E-state index in [9.17, 15) is 14.9 Å². The van der Waals surface area contributed by atoms with Crippen LogP contribution in [0.15, 0.2) is 18.2 Å². The van der Waals surface area contributed by atoms with Gasteiger partial charge in [-0.2, -0.15) is 0 Å². The second kappa shape index (κ2) is 6.33. The number of anilines is 1. The molecule has 0 unspecified atom stereocenters. The van der Waals surface area contributed by atoms with Gasteiger partial charge in [-0.25, -0.2) is 0 Å². The zero-order valence-corrected chi connectivity index (χ0v) is 11.2. The Balaban J connectivity index is 1.94. The fraction of sp³-hybridized carbons (Fsp3) is 0.462. The SMILES string of the molecule is Nc1ccc([N+](=O)[O-])cc1C(=O)NCCN1CCCC1. The Hall–Kier alpha value is -2.15. The smallest absolute Gasteiger partial charge is 0.270 e. The first kappa shape index (κ1) is 14.3. The number of rotatable bonds is 5. The Morgan fingerprint density at radius 1 is 1.40 bits per heavy atom. The maximum atomic E-state index is 12.0. The van der Waals surface area contributed by atoms with E-state index in [2.05, 4.69) is 10.2 Å². The number of nitrogens with two attached hydrogens (primary N) is 1. The first-order valence-corrected chi connectivity index (χ1v) is 6.62. The molecule has 1 aromatic rings. The number of hydrogen-bond acceptors (Lipinski definition) is 5. The van der Waals surface area contributed by atoms with Gasteiger partial charge in [-0.3, -0.25) is 14.9 Å². The maximum absolute atomic E-state index is 12.0. The molecule has 0 radical (unpaired) electrons. The summed E-state index contributed by atoms with van der Waals surface area (Å²) in [5.41, 5.74) is 5.95. The normalized spacial score (nSPS) is 15.2. The van der Waals surface area contributed by atoms with Crippen LogP contribution < -0.4 is 11.1 Å². The molecule has 7 heteroatoms. The van der Waals surface area contributed by atoms with Crippen LogP contribution in [-0.4, -0.2) is 41.9 Å². The fourth-order valence-electron chi connectivity index (χ4n) is 2.28. The van der Waals surface area contributed by atoms with Gasteiger partial charge in [0, 0.05) is 30.9 Å². The van der Waals surface area contributed by atoms with Crippen LogP contribution in [-0.2, 0) is 0 Å². The summed E-state index contributed by atoms with van der Waals surface area (Å²) < 4.78 is 0. The molecule has 1 amide bonds. The Kier molecular flexibility index (Phi) is 4.52. The van der Waals surface area contributed by atoms with Crippen molar-refractivity contribution in [1.29, 1.82) is 0 Å². The van der Waals surface area contributed by atoms with Gasteiger partial charge in [0.2, 0.25) is 0 Å². The van der Waals surface area contributed by atoms with E-state index in [1.54, 1.807) is 0 Å². The third-order valence-electron chi connectivity index (χ3n) is 3.40. The summed E-state index contributed by atoms with van der Waals surface area (Å²) in [4.78, 5) is 24.4. The van der Waals surface area contributed by atoms with Crippen LogP contribution >= 0.6 is 0 Å². The van der Waals surface area contributed by atoms with E-state index in [1.165, 1.54) is 31.0 Å². The number of benzene rings is 1. The Bertz CT molecular complexity index is 512. The summed E-state index contributed by atoms with van der Waals surface area (Å²) in [6.07, 6.45) is 2.40. The van der Waals surface area contributed by atoms with E-state index in [0.29, 0.717) is 6.54 Å². The van der Waals surface area contributed by atoms with Crippen LogP contribution in [0.25, 0.3) is 0 Å². The number of carbonyl (C=O) groups excluding carboxylic acids is 1. The molecule has 0 atom stereocenters. The highest BCUT2D eigenvalue weighted by Crippen LogP contribution is 2.19. The molecule has 1 heterocycles. The molecule has 7 nitrogen and oxygen atoms in total. The van der Waals surface area contributed by atoms with Crippen molar-refractivity contribution in [2.24, 2.45) is 0 Å². The molecular formula is C13H18N4O3. The summed E-state index contributed by atoms with van der Waals surface area (Å²) >= 11 is 0. The zero-order valence-electron chi connectivity index (χ0n) is 11.2. The number of hydrogen-bond donors (Lipinski definition) is 2. The van der Waals surface area contributed by atoms with Crippen molar-refractivity contribution >= 4 is 17.3 Å². The highest BCUT2D eigenvalue weighted by Gasteiger charge is 2.16. The van der Waals surface area contributed by atoms with Gasteiger partial charge in [-0.05, 0) is 32.0 Å². The van der Waals surface area contributed by atoms with Crippen molar-refractivity contribution in [3.63, 3.8) is 0 Å². The maximum Gasteiger partial charge on any atom is 0.270 e. The number of nitro groups is 1. The molecule has 20 heavy (non-hydrogen) atoms. The Labute approximate surface area is 116 Å². The first-order chi connectivity index (χ1) is 9.58. The second-order valence-corrected chi connectivity index (χ2v) is 4.83. The highest BCUT2D eigenvalue weighted by molar-refractivity contribution is 5.99. The average Bonchev–Trinajstić information content (AvgIpc) is 2.92. The fourth-order valence-corrected chi connectivity index (χ4v) is 2.28. The molecule has 0 spiro atoms. The number of nitrogen functional groups attached to an aromatic ring is 1. The van der Waals surface area contributed by atoms with E-state index in [0.717, 1.165) is 19.6 Å². The topological polar surface area (TPSA) is 101 Å². The molecule has 0 aliphatic carbocycles. The quantitative estimate of drug-likeness (QED) is 0.475. The predicted octanol–water partition coefficient (Wildman–Crippen LogP) is 1.00. The molecule has 1 aromatic carbocycles. The third kappa shape index (κ3) is 3.45. The summed E-state index contributed by atoms with van der Waals surface area (Å²) in [7, 11) is 0. The van der Waals surface area contributed by atoms with Crippen molar-refractivity contribution in [3.8, 4) is 0 Å². The molecule has 0 bridgehead atoms. The summed E-state index contributed by atoms with van der Waals surface area (Å²) in [5.74, 6) is -0.370. The average molecular weight is 278 g/mol. The zero-order chi connectivity index (χ0) is 14.5. The van der Waals surface area contributed by atoms with Gasteiger partial charge in [0.15, 0.2) is 0 Å². The summed E-state index contributed by atoms with van der Waals surface area (Å²) in [6, 6.07) is 3.88. The largest absolute Gasteiger partial charge is 0.398 e. The lowest BCUT2D eigenvalue weighted by Gasteiger charge is -2.15. The van der Waals surface area contributed by atoms with Gasteiger partial charge in [-0.1, -0.05) is 0 Å². The number of nitro benzene ring substituents is 1. The van der Waals surface area contributed by atoms with Crippen molar-refractivity contribution in [1.82, 2.24) is 10.2 Å². The minimum atomic E-state index is -0.541. The molecule has 1 aliphatic heterocycles. The molecule has 1 aliphatic rings. The lowest BCUT2D eigenvalue weighted by molar-refractivity contribution is -0.384. The van der Waals surface area contributed by atoms with Gasteiger partial charge < -0.3 is 16.0 Å². The molecule has 0 aromatic heterocycles. The number of amides is 1.